The van der Waals surface area contributed by atoms with Crippen LogP contribution >= 0.6 is 0 Å². The fourth-order valence-electron chi connectivity index (χ4n) is 2.68. The molecule has 1 fully saturated rings. The zero-order valence-corrected chi connectivity index (χ0v) is 15.0. The molecule has 1 aliphatic heterocycles. The van der Waals surface area contributed by atoms with Crippen LogP contribution in [0.2, 0.25) is 0 Å². The van der Waals surface area contributed by atoms with E-state index in [-0.39, 0.29) is 10.8 Å². The van der Waals surface area contributed by atoms with Crippen LogP contribution in [-0.2, 0) is 14.8 Å². The van der Waals surface area contributed by atoms with E-state index in [1.807, 2.05) is 42.7 Å². The molecular formula is C16H25N3O3S. The largest absolute Gasteiger partial charge is 0.367 e. The number of sulfonamides is 1. The topological polar surface area (TPSA) is 69.7 Å². The number of carbonyl (C=O) groups excluding carboxylic acids is 1. The average Bonchev–Trinajstić information content (AvgIpc) is 2.53. The predicted octanol–water partition coefficient (Wildman–Crippen LogP) is 1.29. The van der Waals surface area contributed by atoms with Crippen molar-refractivity contribution in [1.29, 1.82) is 0 Å². The number of anilines is 1. The number of hydrogen-bond acceptors (Lipinski definition) is 4. The summed E-state index contributed by atoms with van der Waals surface area (Å²) in [4.78, 5) is 16.5. The molecule has 1 aliphatic rings. The number of hydrogen-bond donors (Lipinski definition) is 1. The molecule has 0 aromatic heterocycles. The lowest BCUT2D eigenvalue weighted by Gasteiger charge is -2.39. The summed E-state index contributed by atoms with van der Waals surface area (Å²) in [7, 11) is -2.09. The fraction of sp³-hybridized carbons (Fsp3) is 0.562. The molecule has 1 aromatic carbocycles. The molecule has 1 heterocycles. The van der Waals surface area contributed by atoms with Crippen molar-refractivity contribution in [2.75, 3.05) is 38.1 Å². The van der Waals surface area contributed by atoms with Crippen molar-refractivity contribution in [3.05, 3.63) is 24.3 Å². The van der Waals surface area contributed by atoms with Crippen molar-refractivity contribution < 1.29 is 13.2 Å². The van der Waals surface area contributed by atoms with E-state index in [4.69, 9.17) is 0 Å². The smallest absolute Gasteiger partial charge is 0.242 e. The van der Waals surface area contributed by atoms with Crippen molar-refractivity contribution in [3.8, 4) is 0 Å². The molecule has 1 saturated heterocycles. The Morgan fingerprint density at radius 3 is 2.17 bits per heavy atom. The van der Waals surface area contributed by atoms with Crippen LogP contribution in [0.5, 0.6) is 0 Å². The Morgan fingerprint density at radius 1 is 1.09 bits per heavy atom. The van der Waals surface area contributed by atoms with Gasteiger partial charge in [0.25, 0.3) is 0 Å². The normalized spacial score (nSPS) is 16.5. The van der Waals surface area contributed by atoms with Crippen LogP contribution in [0.1, 0.15) is 20.8 Å². The lowest BCUT2D eigenvalue weighted by Crippen LogP contribution is -2.52. The molecule has 0 atom stereocenters. The van der Waals surface area contributed by atoms with Gasteiger partial charge in [0.05, 0.1) is 5.69 Å². The van der Waals surface area contributed by atoms with Crippen LogP contribution in [0.25, 0.3) is 0 Å². The highest BCUT2D eigenvalue weighted by atomic mass is 32.2. The van der Waals surface area contributed by atoms with Gasteiger partial charge in [0.15, 0.2) is 0 Å². The monoisotopic (exact) mass is 339 g/mol. The zero-order chi connectivity index (χ0) is 17.3. The second-order valence-electron chi connectivity index (χ2n) is 6.70. The summed E-state index contributed by atoms with van der Waals surface area (Å²) in [6, 6.07) is 6.96. The number of carbonyl (C=O) groups is 1. The van der Waals surface area contributed by atoms with Gasteiger partial charge in [0.2, 0.25) is 15.9 Å². The van der Waals surface area contributed by atoms with Crippen LogP contribution in [0.4, 0.5) is 5.69 Å². The number of para-hydroxylation sites is 1. The average molecular weight is 339 g/mol. The van der Waals surface area contributed by atoms with Gasteiger partial charge < -0.3 is 9.80 Å². The third-order valence-corrected chi connectivity index (χ3v) is 5.43. The molecule has 0 bridgehead atoms. The van der Waals surface area contributed by atoms with Gasteiger partial charge in [-0.2, -0.15) is 0 Å². The highest BCUT2D eigenvalue weighted by molar-refractivity contribution is 7.89. The molecule has 0 unspecified atom stereocenters. The lowest BCUT2D eigenvalue weighted by molar-refractivity contribution is -0.139. The Hall–Kier alpha value is -1.60. The maximum atomic E-state index is 12.3. The SMILES string of the molecule is CNS(=O)(=O)c1ccccc1N1CCN(C(=O)C(C)(C)C)CC1. The highest BCUT2D eigenvalue weighted by Gasteiger charge is 2.30. The van der Waals surface area contributed by atoms with Crippen LogP contribution in [0, 0.1) is 5.41 Å². The van der Waals surface area contributed by atoms with E-state index in [1.54, 1.807) is 12.1 Å². The summed E-state index contributed by atoms with van der Waals surface area (Å²) >= 11 is 0. The number of nitrogens with one attached hydrogen (secondary N) is 1. The van der Waals surface area contributed by atoms with E-state index in [2.05, 4.69) is 4.72 Å². The molecule has 2 rings (SSSR count). The maximum absolute atomic E-state index is 12.3. The summed E-state index contributed by atoms with van der Waals surface area (Å²) in [5.41, 5.74) is 0.292. The summed E-state index contributed by atoms with van der Waals surface area (Å²) in [6.45, 7) is 8.19. The second kappa shape index (κ2) is 6.49. The first-order valence-corrected chi connectivity index (χ1v) is 9.22. The third kappa shape index (κ3) is 3.84. The number of piperazine rings is 1. The van der Waals surface area contributed by atoms with Crippen molar-refractivity contribution in [1.82, 2.24) is 9.62 Å². The molecule has 0 aliphatic carbocycles. The Balaban J connectivity index is 2.17. The maximum Gasteiger partial charge on any atom is 0.242 e. The van der Waals surface area contributed by atoms with E-state index in [0.29, 0.717) is 31.9 Å². The minimum atomic E-state index is -3.50. The van der Waals surface area contributed by atoms with Crippen LogP contribution in [-0.4, -0.2) is 52.5 Å². The molecule has 7 heteroatoms. The lowest BCUT2D eigenvalue weighted by atomic mass is 9.94. The van der Waals surface area contributed by atoms with Gasteiger partial charge in [-0.3, -0.25) is 4.79 Å². The van der Waals surface area contributed by atoms with E-state index < -0.39 is 15.4 Å². The Bertz CT molecular complexity index is 672. The van der Waals surface area contributed by atoms with Gasteiger partial charge in [-0.1, -0.05) is 32.9 Å². The van der Waals surface area contributed by atoms with Gasteiger partial charge in [-0.25, -0.2) is 13.1 Å². The van der Waals surface area contributed by atoms with Crippen molar-refractivity contribution in [2.24, 2.45) is 5.41 Å². The number of benzene rings is 1. The molecular weight excluding hydrogens is 314 g/mol. The molecule has 128 valence electrons. The molecule has 0 spiro atoms. The minimum absolute atomic E-state index is 0.133. The van der Waals surface area contributed by atoms with Crippen LogP contribution in [0.3, 0.4) is 0 Å². The molecule has 1 amide bonds. The number of amides is 1. The molecule has 1 N–H and O–H groups in total. The molecule has 23 heavy (non-hydrogen) atoms. The molecule has 6 nitrogen and oxygen atoms in total. The summed E-state index contributed by atoms with van der Waals surface area (Å²) in [6.07, 6.45) is 0. The van der Waals surface area contributed by atoms with Crippen molar-refractivity contribution in [3.63, 3.8) is 0 Å². The first kappa shape index (κ1) is 17.7. The minimum Gasteiger partial charge on any atom is -0.367 e. The van der Waals surface area contributed by atoms with Gasteiger partial charge >= 0.3 is 0 Å². The first-order chi connectivity index (χ1) is 10.7. The van der Waals surface area contributed by atoms with Gasteiger partial charge in [0.1, 0.15) is 4.90 Å². The van der Waals surface area contributed by atoms with Gasteiger partial charge in [0, 0.05) is 31.6 Å². The number of nitrogens with zero attached hydrogens (tertiary/aromatic N) is 2. The number of rotatable bonds is 3. The molecule has 0 saturated carbocycles. The first-order valence-electron chi connectivity index (χ1n) is 7.74. The van der Waals surface area contributed by atoms with Crippen molar-refractivity contribution in [2.45, 2.75) is 25.7 Å². The Kier molecular flexibility index (Phi) is 5.01. The van der Waals surface area contributed by atoms with Gasteiger partial charge in [-0.15, -0.1) is 0 Å². The standard InChI is InChI=1S/C16H25N3O3S/c1-16(2,3)15(20)19-11-9-18(10-12-19)13-7-5-6-8-14(13)23(21,22)17-4/h5-8,17H,9-12H2,1-4H3. The van der Waals surface area contributed by atoms with E-state index in [1.165, 1.54) is 7.05 Å². The quantitative estimate of drug-likeness (QED) is 0.901. The van der Waals surface area contributed by atoms with Crippen LogP contribution in [0.15, 0.2) is 29.2 Å². The third-order valence-electron chi connectivity index (χ3n) is 3.97. The molecule has 1 aromatic rings. The van der Waals surface area contributed by atoms with Gasteiger partial charge in [-0.05, 0) is 19.2 Å². The summed E-state index contributed by atoms with van der Waals surface area (Å²) in [5, 5.41) is 0. The second-order valence-corrected chi connectivity index (χ2v) is 8.56. The Morgan fingerprint density at radius 2 is 1.65 bits per heavy atom. The van der Waals surface area contributed by atoms with Crippen LogP contribution < -0.4 is 9.62 Å². The fourth-order valence-corrected chi connectivity index (χ4v) is 3.63. The molecule has 0 radical (unpaired) electrons. The summed E-state index contributed by atoms with van der Waals surface area (Å²) < 4.78 is 26.7. The summed E-state index contributed by atoms with van der Waals surface area (Å²) in [5.74, 6) is 0.133. The predicted molar refractivity (Wildman–Crippen MR) is 90.9 cm³/mol. The Labute approximate surface area is 138 Å². The van der Waals surface area contributed by atoms with E-state index in [9.17, 15) is 13.2 Å². The van der Waals surface area contributed by atoms with E-state index >= 15 is 0 Å². The zero-order valence-electron chi connectivity index (χ0n) is 14.2. The van der Waals surface area contributed by atoms with E-state index in [0.717, 1.165) is 0 Å². The van der Waals surface area contributed by atoms with Crippen molar-refractivity contribution >= 4 is 21.6 Å². The highest BCUT2D eigenvalue weighted by Crippen LogP contribution is 2.26.